The van der Waals surface area contributed by atoms with Crippen LogP contribution in [0.15, 0.2) is 97.1 Å². The van der Waals surface area contributed by atoms with Crippen LogP contribution >= 0.6 is 0 Å². The molecule has 0 saturated heterocycles. The van der Waals surface area contributed by atoms with Crippen LogP contribution in [0.4, 0.5) is 0 Å². The average molecular weight is 413 g/mol. The van der Waals surface area contributed by atoms with Crippen LogP contribution in [0.25, 0.3) is 43.1 Å². The summed E-state index contributed by atoms with van der Waals surface area (Å²) in [6.45, 7) is 8.67. The van der Waals surface area contributed by atoms with Crippen molar-refractivity contribution in [2.45, 2.75) is 27.7 Å². The molecular weight excluding hydrogens is 384 g/mol. The molecule has 0 aliphatic carbocycles. The summed E-state index contributed by atoms with van der Waals surface area (Å²) in [6, 6.07) is 35.1. The zero-order valence-corrected chi connectivity index (χ0v) is 19.2. The molecule has 0 nitrogen and oxygen atoms in total. The Morgan fingerprint density at radius 1 is 0.375 bits per heavy atom. The summed E-state index contributed by atoms with van der Waals surface area (Å²) in [5, 5.41) is 10.9. The van der Waals surface area contributed by atoms with Gasteiger partial charge in [-0.25, -0.2) is 0 Å². The first-order valence-corrected chi connectivity index (χ1v) is 11.3. The van der Waals surface area contributed by atoms with Crippen LogP contribution in [0, 0.1) is 27.7 Å². The van der Waals surface area contributed by atoms with E-state index in [4.69, 9.17) is 0 Å². The second kappa shape index (κ2) is 8.13. The van der Waals surface area contributed by atoms with E-state index in [2.05, 4.69) is 125 Å². The molecule has 0 atom stereocenters. The summed E-state index contributed by atoms with van der Waals surface area (Å²) >= 11 is 0. The van der Waals surface area contributed by atoms with Crippen molar-refractivity contribution >= 4 is 43.1 Å². The highest BCUT2D eigenvalue weighted by atomic mass is 14.1. The molecule has 6 rings (SSSR count). The lowest BCUT2D eigenvalue weighted by atomic mass is 9.96. The molecule has 0 saturated carbocycles. The third-order valence-electron chi connectivity index (χ3n) is 6.58. The van der Waals surface area contributed by atoms with Crippen molar-refractivity contribution in [3.8, 4) is 0 Å². The van der Waals surface area contributed by atoms with E-state index in [0.717, 1.165) is 0 Å². The van der Waals surface area contributed by atoms with E-state index in [0.29, 0.717) is 0 Å². The van der Waals surface area contributed by atoms with E-state index in [1.54, 1.807) is 0 Å². The molecule has 0 fully saturated rings. The van der Waals surface area contributed by atoms with Crippen molar-refractivity contribution in [3.63, 3.8) is 0 Å². The molecule has 0 heteroatoms. The minimum Gasteiger partial charge on any atom is -0.0614 e. The molecule has 0 aliphatic heterocycles. The first-order valence-electron chi connectivity index (χ1n) is 11.3. The highest BCUT2D eigenvalue weighted by molar-refractivity contribution is 6.10. The molecule has 0 aromatic heterocycles. The van der Waals surface area contributed by atoms with E-state index in [-0.39, 0.29) is 0 Å². The Balaban J connectivity index is 0.000000135. The third kappa shape index (κ3) is 3.52. The highest BCUT2D eigenvalue weighted by Crippen LogP contribution is 2.30. The van der Waals surface area contributed by atoms with Gasteiger partial charge >= 0.3 is 0 Å². The molecule has 32 heavy (non-hydrogen) atoms. The summed E-state index contributed by atoms with van der Waals surface area (Å²) in [6.07, 6.45) is 0. The monoisotopic (exact) mass is 412 g/mol. The molecule has 0 aliphatic rings. The Labute approximate surface area is 190 Å². The molecule has 0 heterocycles. The molecule has 6 aromatic carbocycles. The first-order chi connectivity index (χ1) is 15.5. The summed E-state index contributed by atoms with van der Waals surface area (Å²) < 4.78 is 0. The van der Waals surface area contributed by atoms with E-state index in [9.17, 15) is 0 Å². The van der Waals surface area contributed by atoms with Gasteiger partial charge in [0.15, 0.2) is 0 Å². The maximum Gasteiger partial charge on any atom is -0.00760 e. The van der Waals surface area contributed by atoms with E-state index in [1.807, 2.05) is 0 Å². The number of rotatable bonds is 0. The summed E-state index contributed by atoms with van der Waals surface area (Å²) in [5.74, 6) is 0. The Hall–Kier alpha value is -3.64. The number of fused-ring (bicyclic) bond motifs is 6. The molecule has 0 amide bonds. The second-order valence-corrected chi connectivity index (χ2v) is 8.87. The standard InChI is InChI=1S/2C16H14/c1-11-5-4-8-15-14(11)10-9-13-7-3-6-12(2)16(13)15;1-11-6-8-15-13(10-11)7-9-14-12(2)4-3-5-16(14)15/h2*3-10H,1-2H3. The number of hydrogen-bond acceptors (Lipinski definition) is 0. The molecule has 0 N–H and O–H groups in total. The molecule has 0 bridgehead atoms. The van der Waals surface area contributed by atoms with Crippen molar-refractivity contribution < 1.29 is 0 Å². The van der Waals surface area contributed by atoms with E-state index < -0.39 is 0 Å². The van der Waals surface area contributed by atoms with Gasteiger partial charge < -0.3 is 0 Å². The molecule has 156 valence electrons. The topological polar surface area (TPSA) is 0 Å². The normalized spacial score (nSPS) is 11.1. The van der Waals surface area contributed by atoms with Crippen molar-refractivity contribution in [1.82, 2.24) is 0 Å². The van der Waals surface area contributed by atoms with Crippen LogP contribution in [0.2, 0.25) is 0 Å². The maximum absolute atomic E-state index is 2.25. The van der Waals surface area contributed by atoms with Crippen LogP contribution in [-0.2, 0) is 0 Å². The fourth-order valence-electron chi connectivity index (χ4n) is 4.87. The predicted molar refractivity (Wildman–Crippen MR) is 142 cm³/mol. The molecule has 6 aromatic rings. The van der Waals surface area contributed by atoms with Gasteiger partial charge in [0.1, 0.15) is 0 Å². The van der Waals surface area contributed by atoms with Crippen molar-refractivity contribution in [1.29, 1.82) is 0 Å². The summed E-state index contributed by atoms with van der Waals surface area (Å²) in [4.78, 5) is 0. The van der Waals surface area contributed by atoms with Crippen molar-refractivity contribution in [3.05, 3.63) is 119 Å². The van der Waals surface area contributed by atoms with Gasteiger partial charge in [-0.15, -0.1) is 0 Å². The lowest BCUT2D eigenvalue weighted by molar-refractivity contribution is 1.50. The zero-order valence-electron chi connectivity index (χ0n) is 19.2. The third-order valence-corrected chi connectivity index (χ3v) is 6.58. The number of benzene rings is 6. The van der Waals surface area contributed by atoms with Gasteiger partial charge in [-0.2, -0.15) is 0 Å². The Morgan fingerprint density at radius 3 is 1.69 bits per heavy atom. The largest absolute Gasteiger partial charge is 0.0614 e. The average Bonchev–Trinajstić information content (AvgIpc) is 2.79. The van der Waals surface area contributed by atoms with E-state index in [1.165, 1.54) is 65.3 Å². The van der Waals surface area contributed by atoms with Gasteiger partial charge in [-0.05, 0) is 87.5 Å². The van der Waals surface area contributed by atoms with Crippen LogP contribution in [0.3, 0.4) is 0 Å². The fourth-order valence-corrected chi connectivity index (χ4v) is 4.87. The quantitative estimate of drug-likeness (QED) is 0.218. The van der Waals surface area contributed by atoms with Crippen LogP contribution in [-0.4, -0.2) is 0 Å². The smallest absolute Gasteiger partial charge is 0.00760 e. The molecule has 0 unspecified atom stereocenters. The number of hydrogen-bond donors (Lipinski definition) is 0. The van der Waals surface area contributed by atoms with Gasteiger partial charge in [0.25, 0.3) is 0 Å². The van der Waals surface area contributed by atoms with Gasteiger partial charge in [-0.3, -0.25) is 0 Å². The second-order valence-electron chi connectivity index (χ2n) is 8.87. The highest BCUT2D eigenvalue weighted by Gasteiger charge is 2.04. The maximum atomic E-state index is 2.25. The van der Waals surface area contributed by atoms with Gasteiger partial charge in [0.2, 0.25) is 0 Å². The summed E-state index contributed by atoms with van der Waals surface area (Å²) in [7, 11) is 0. The SMILES string of the molecule is Cc1ccc2c(ccc3c(C)cccc32)c1.Cc1cccc2c1ccc1cccc(C)c12. The van der Waals surface area contributed by atoms with Crippen LogP contribution in [0.1, 0.15) is 22.3 Å². The lowest BCUT2D eigenvalue weighted by Gasteiger charge is -2.08. The van der Waals surface area contributed by atoms with E-state index >= 15 is 0 Å². The Kier molecular flexibility index (Phi) is 5.15. The van der Waals surface area contributed by atoms with Gasteiger partial charge in [0.05, 0.1) is 0 Å². The Bertz CT molecular complexity index is 1600. The minimum atomic E-state index is 1.32. The lowest BCUT2D eigenvalue weighted by Crippen LogP contribution is -1.83. The fraction of sp³-hybridized carbons (Fsp3) is 0.125. The molecular formula is C32H28. The number of aryl methyl sites for hydroxylation is 4. The van der Waals surface area contributed by atoms with Crippen molar-refractivity contribution in [2.24, 2.45) is 0 Å². The molecule has 0 spiro atoms. The predicted octanol–water partition coefficient (Wildman–Crippen LogP) is 9.22. The van der Waals surface area contributed by atoms with Crippen molar-refractivity contribution in [2.75, 3.05) is 0 Å². The van der Waals surface area contributed by atoms with Crippen LogP contribution < -0.4 is 0 Å². The minimum absolute atomic E-state index is 1.32. The first kappa shape index (κ1) is 20.3. The van der Waals surface area contributed by atoms with Gasteiger partial charge in [-0.1, -0.05) is 103 Å². The molecule has 0 radical (unpaired) electrons. The van der Waals surface area contributed by atoms with Gasteiger partial charge in [0, 0.05) is 0 Å². The Morgan fingerprint density at radius 2 is 0.938 bits per heavy atom. The zero-order chi connectivity index (χ0) is 22.2. The summed E-state index contributed by atoms with van der Waals surface area (Å²) in [5.41, 5.74) is 5.37. The van der Waals surface area contributed by atoms with Crippen LogP contribution in [0.5, 0.6) is 0 Å².